The summed E-state index contributed by atoms with van der Waals surface area (Å²) < 4.78 is 10.9. The average Bonchev–Trinajstić information content (AvgIpc) is 2.63. The van der Waals surface area contributed by atoms with Crippen LogP contribution in [0.1, 0.15) is 18.2 Å². The summed E-state index contributed by atoms with van der Waals surface area (Å²) in [5.74, 6) is 0.790. The quantitative estimate of drug-likeness (QED) is 0.811. The van der Waals surface area contributed by atoms with Gasteiger partial charge in [-0.2, -0.15) is 0 Å². The fourth-order valence-electron chi connectivity index (χ4n) is 1.13. The van der Waals surface area contributed by atoms with Crippen molar-refractivity contribution < 1.29 is 4.21 Å². The first-order chi connectivity index (χ1) is 6.68. The van der Waals surface area contributed by atoms with Gasteiger partial charge >= 0.3 is 0 Å². The van der Waals surface area contributed by atoms with Crippen molar-refractivity contribution >= 4 is 22.1 Å². The summed E-state index contributed by atoms with van der Waals surface area (Å²) >= 11 is 1.77. The van der Waals surface area contributed by atoms with Crippen molar-refractivity contribution in [2.24, 2.45) is 0 Å². The predicted molar refractivity (Wildman–Crippen MR) is 64.2 cm³/mol. The van der Waals surface area contributed by atoms with E-state index in [0.717, 1.165) is 18.7 Å². The van der Waals surface area contributed by atoms with Crippen LogP contribution < -0.4 is 5.32 Å². The van der Waals surface area contributed by atoms with Gasteiger partial charge in [0.2, 0.25) is 0 Å². The Morgan fingerprint density at radius 1 is 1.64 bits per heavy atom. The Bertz CT molecular complexity index is 272. The molecule has 0 aromatic carbocycles. The third-order valence-electron chi connectivity index (χ3n) is 2.04. The van der Waals surface area contributed by atoms with E-state index in [1.165, 1.54) is 4.88 Å². The Morgan fingerprint density at radius 2 is 2.43 bits per heavy atom. The van der Waals surface area contributed by atoms with Crippen molar-refractivity contribution in [3.05, 3.63) is 22.4 Å². The lowest BCUT2D eigenvalue weighted by Gasteiger charge is -2.11. The summed E-state index contributed by atoms with van der Waals surface area (Å²) in [6.45, 7) is 3.07. The predicted octanol–water partition coefficient (Wildman–Crippen LogP) is 1.99. The number of hydrogen-bond donors (Lipinski definition) is 1. The van der Waals surface area contributed by atoms with Gasteiger partial charge in [-0.3, -0.25) is 4.21 Å². The van der Waals surface area contributed by atoms with E-state index in [1.807, 2.05) is 0 Å². The molecule has 1 rings (SSSR count). The van der Waals surface area contributed by atoms with Gasteiger partial charge in [0.25, 0.3) is 0 Å². The van der Waals surface area contributed by atoms with Crippen LogP contribution in [0.25, 0.3) is 0 Å². The van der Waals surface area contributed by atoms with E-state index in [1.54, 1.807) is 17.6 Å². The molecule has 2 nitrogen and oxygen atoms in total. The molecule has 80 valence electrons. The minimum atomic E-state index is -0.664. The summed E-state index contributed by atoms with van der Waals surface area (Å²) in [6, 6.07) is 4.64. The smallest absolute Gasteiger partial charge is 0.0302 e. The lowest BCUT2D eigenvalue weighted by molar-refractivity contribution is 0.538. The largest absolute Gasteiger partial charge is 0.309 e. The van der Waals surface area contributed by atoms with Crippen molar-refractivity contribution in [3.63, 3.8) is 0 Å². The molecule has 0 spiro atoms. The standard InChI is InChI=1S/C10H17NOS2/c1-9(5-7-14(2)12)11-8-10-4-3-6-13-10/h3-4,6,9,11H,5,7-8H2,1-2H3. The molecule has 0 aliphatic heterocycles. The van der Waals surface area contributed by atoms with Crippen LogP contribution in [-0.4, -0.2) is 22.3 Å². The summed E-state index contributed by atoms with van der Waals surface area (Å²) in [6.07, 6.45) is 2.74. The van der Waals surface area contributed by atoms with E-state index in [0.29, 0.717) is 6.04 Å². The van der Waals surface area contributed by atoms with Crippen molar-refractivity contribution in [1.29, 1.82) is 0 Å². The van der Waals surface area contributed by atoms with E-state index in [4.69, 9.17) is 0 Å². The molecule has 2 atom stereocenters. The maximum Gasteiger partial charge on any atom is 0.0302 e. The molecule has 0 bridgehead atoms. The summed E-state index contributed by atoms with van der Waals surface area (Å²) in [7, 11) is -0.664. The molecule has 0 radical (unpaired) electrons. The lowest BCUT2D eigenvalue weighted by Crippen LogP contribution is -2.26. The fraction of sp³-hybridized carbons (Fsp3) is 0.600. The molecule has 4 heteroatoms. The van der Waals surface area contributed by atoms with Crippen LogP contribution in [0, 0.1) is 0 Å². The second-order valence-electron chi connectivity index (χ2n) is 3.43. The second kappa shape index (κ2) is 6.32. The molecular formula is C10H17NOS2. The molecule has 2 unspecified atom stereocenters. The number of nitrogens with one attached hydrogen (secondary N) is 1. The van der Waals surface area contributed by atoms with Gasteiger partial charge in [0.05, 0.1) is 0 Å². The van der Waals surface area contributed by atoms with Crippen LogP contribution in [0.5, 0.6) is 0 Å². The van der Waals surface area contributed by atoms with Gasteiger partial charge in [-0.15, -0.1) is 11.3 Å². The maximum absolute atomic E-state index is 10.9. The van der Waals surface area contributed by atoms with Crippen molar-refractivity contribution in [3.8, 4) is 0 Å². The Kier molecular flexibility index (Phi) is 5.37. The molecule has 0 fully saturated rings. The van der Waals surface area contributed by atoms with Gasteiger partial charge < -0.3 is 5.32 Å². The Hall–Kier alpha value is -0.190. The van der Waals surface area contributed by atoms with Crippen molar-refractivity contribution in [1.82, 2.24) is 5.32 Å². The molecule has 0 saturated carbocycles. The second-order valence-corrected chi connectivity index (χ2v) is 6.01. The SMILES string of the molecule is CC(CCS(C)=O)NCc1cccs1. The van der Waals surface area contributed by atoms with Crippen molar-refractivity contribution in [2.75, 3.05) is 12.0 Å². The maximum atomic E-state index is 10.9. The normalized spacial score (nSPS) is 15.3. The average molecular weight is 231 g/mol. The Labute approximate surface area is 92.2 Å². The highest BCUT2D eigenvalue weighted by Gasteiger charge is 2.02. The van der Waals surface area contributed by atoms with E-state index in [-0.39, 0.29) is 0 Å². The molecular weight excluding hydrogens is 214 g/mol. The topological polar surface area (TPSA) is 29.1 Å². The van der Waals surface area contributed by atoms with Gasteiger partial charge in [-0.1, -0.05) is 6.07 Å². The van der Waals surface area contributed by atoms with E-state index >= 15 is 0 Å². The molecule has 0 aliphatic rings. The zero-order chi connectivity index (χ0) is 10.4. The third kappa shape index (κ3) is 4.88. The molecule has 14 heavy (non-hydrogen) atoms. The van der Waals surface area contributed by atoms with Crippen LogP contribution in [0.3, 0.4) is 0 Å². The lowest BCUT2D eigenvalue weighted by atomic mass is 10.2. The highest BCUT2D eigenvalue weighted by atomic mass is 32.2. The fourth-order valence-corrected chi connectivity index (χ4v) is 2.47. The van der Waals surface area contributed by atoms with Crippen LogP contribution >= 0.6 is 11.3 Å². The van der Waals surface area contributed by atoms with Crippen LogP contribution in [-0.2, 0) is 17.3 Å². The van der Waals surface area contributed by atoms with Gasteiger partial charge in [-0.05, 0) is 24.8 Å². The highest BCUT2D eigenvalue weighted by molar-refractivity contribution is 7.84. The van der Waals surface area contributed by atoms with Crippen molar-refractivity contribution in [2.45, 2.75) is 25.9 Å². The molecule has 1 aromatic rings. The zero-order valence-electron chi connectivity index (χ0n) is 8.66. The Morgan fingerprint density at radius 3 is 3.00 bits per heavy atom. The Balaban J connectivity index is 2.15. The van der Waals surface area contributed by atoms with Crippen LogP contribution in [0.4, 0.5) is 0 Å². The number of thiophene rings is 1. The molecule has 1 aromatic heterocycles. The van der Waals surface area contributed by atoms with Gasteiger partial charge in [0.15, 0.2) is 0 Å². The monoisotopic (exact) mass is 231 g/mol. The number of hydrogen-bond acceptors (Lipinski definition) is 3. The van der Waals surface area contributed by atoms with E-state index in [2.05, 4.69) is 29.8 Å². The minimum Gasteiger partial charge on any atom is -0.309 e. The molecule has 0 amide bonds. The van der Waals surface area contributed by atoms with E-state index in [9.17, 15) is 4.21 Å². The zero-order valence-corrected chi connectivity index (χ0v) is 10.3. The van der Waals surface area contributed by atoms with E-state index < -0.39 is 10.8 Å². The molecule has 0 aliphatic carbocycles. The molecule has 0 saturated heterocycles. The van der Waals surface area contributed by atoms with Gasteiger partial charge in [-0.25, -0.2) is 0 Å². The van der Waals surface area contributed by atoms with Crippen LogP contribution in [0.15, 0.2) is 17.5 Å². The first-order valence-electron chi connectivity index (χ1n) is 4.74. The molecule has 1 N–H and O–H groups in total. The highest BCUT2D eigenvalue weighted by Crippen LogP contribution is 2.08. The van der Waals surface area contributed by atoms with Gasteiger partial charge in [0, 0.05) is 40.3 Å². The van der Waals surface area contributed by atoms with Gasteiger partial charge in [0.1, 0.15) is 0 Å². The summed E-state index contributed by atoms with van der Waals surface area (Å²) in [4.78, 5) is 1.36. The summed E-state index contributed by atoms with van der Waals surface area (Å²) in [5.41, 5.74) is 0. The third-order valence-corrected chi connectivity index (χ3v) is 3.73. The molecule has 1 heterocycles. The summed E-state index contributed by atoms with van der Waals surface area (Å²) in [5, 5.41) is 5.50. The first kappa shape index (κ1) is 11.9. The minimum absolute atomic E-state index is 0.445. The number of rotatable bonds is 6. The first-order valence-corrected chi connectivity index (χ1v) is 7.35. The van der Waals surface area contributed by atoms with Crippen LogP contribution in [0.2, 0.25) is 0 Å².